The largest absolute Gasteiger partial charge is 0.489 e. The van der Waals surface area contributed by atoms with E-state index < -0.39 is 0 Å². The van der Waals surface area contributed by atoms with Gasteiger partial charge in [0.05, 0.1) is 6.04 Å². The number of ether oxygens (including phenoxy) is 1. The van der Waals surface area contributed by atoms with Crippen LogP contribution in [0.15, 0.2) is 59.6 Å². The third-order valence-corrected chi connectivity index (χ3v) is 7.85. The fourth-order valence-corrected chi connectivity index (χ4v) is 5.70. The summed E-state index contributed by atoms with van der Waals surface area (Å²) in [6.45, 7) is 5.23. The zero-order valence-electron chi connectivity index (χ0n) is 20.9. The molecule has 1 aliphatic carbocycles. The maximum absolute atomic E-state index is 6.48. The third-order valence-electron chi connectivity index (χ3n) is 7.85. The second kappa shape index (κ2) is 11.9. The number of anilines is 1. The summed E-state index contributed by atoms with van der Waals surface area (Å²) in [6, 6.07) is 19.6. The molecule has 0 unspecified atom stereocenters. The molecular weight excluding hydrogens is 434 g/mol. The van der Waals surface area contributed by atoms with Crippen molar-refractivity contribution >= 4 is 11.6 Å². The molecule has 3 aliphatic rings. The molecule has 0 radical (unpaired) electrons. The topological polar surface area (TPSA) is 66.1 Å². The van der Waals surface area contributed by atoms with Gasteiger partial charge in [-0.2, -0.15) is 0 Å². The lowest BCUT2D eigenvalue weighted by Crippen LogP contribution is -2.49. The predicted octanol–water partition coefficient (Wildman–Crippen LogP) is 4.86. The summed E-state index contributed by atoms with van der Waals surface area (Å²) in [6.07, 6.45) is 9.75. The lowest BCUT2D eigenvalue weighted by atomic mass is 9.91. The summed E-state index contributed by atoms with van der Waals surface area (Å²) in [7, 11) is 0. The first kappa shape index (κ1) is 24.1. The number of likely N-dealkylation sites (tertiary alicyclic amines) is 2. The van der Waals surface area contributed by atoms with Crippen molar-refractivity contribution in [1.82, 2.24) is 9.80 Å². The van der Waals surface area contributed by atoms with E-state index in [9.17, 15) is 0 Å². The lowest BCUT2D eigenvalue weighted by Gasteiger charge is -2.39. The van der Waals surface area contributed by atoms with Crippen LogP contribution in [-0.2, 0) is 6.61 Å². The van der Waals surface area contributed by atoms with Gasteiger partial charge >= 0.3 is 0 Å². The number of nitrogens with zero attached hydrogens (tertiary/aromatic N) is 3. The Bertz CT molecular complexity index is 933. The molecule has 0 amide bonds. The number of hydrogen-bond donors (Lipinski definition) is 2. The molecule has 2 heterocycles. The minimum absolute atomic E-state index is 0.163. The smallest absolute Gasteiger partial charge is 0.198 e. The molecule has 2 aromatic rings. The van der Waals surface area contributed by atoms with Gasteiger partial charge in [0.1, 0.15) is 12.4 Å². The number of hydrogen-bond acceptors (Lipinski definition) is 4. The lowest BCUT2D eigenvalue weighted by molar-refractivity contribution is 0.163. The van der Waals surface area contributed by atoms with Gasteiger partial charge in [-0.1, -0.05) is 43.2 Å². The average Bonchev–Trinajstić information content (AvgIpc) is 3.45. The first-order valence-electron chi connectivity index (χ1n) is 13.6. The summed E-state index contributed by atoms with van der Waals surface area (Å²) in [4.78, 5) is 10.4. The van der Waals surface area contributed by atoms with Crippen molar-refractivity contribution in [3.8, 4) is 5.75 Å². The van der Waals surface area contributed by atoms with Gasteiger partial charge in [-0.05, 0) is 81.4 Å². The van der Waals surface area contributed by atoms with Crippen molar-refractivity contribution < 1.29 is 4.74 Å². The van der Waals surface area contributed by atoms with Crippen molar-refractivity contribution in [2.24, 2.45) is 10.7 Å². The van der Waals surface area contributed by atoms with Crippen LogP contribution in [0.1, 0.15) is 56.9 Å². The van der Waals surface area contributed by atoms with E-state index >= 15 is 0 Å². The summed E-state index contributed by atoms with van der Waals surface area (Å²) in [5.41, 5.74) is 8.69. The molecule has 2 saturated heterocycles. The van der Waals surface area contributed by atoms with E-state index in [1.807, 2.05) is 30.3 Å². The number of guanidine groups is 1. The van der Waals surface area contributed by atoms with Gasteiger partial charge in [-0.15, -0.1) is 0 Å². The van der Waals surface area contributed by atoms with Gasteiger partial charge in [0.25, 0.3) is 0 Å². The molecule has 5 rings (SSSR count). The molecule has 0 aromatic heterocycles. The molecule has 3 fully saturated rings. The fraction of sp³-hybridized carbons (Fsp3) is 0.552. The molecular formula is C29H41N5O. The Morgan fingerprint density at radius 3 is 2.29 bits per heavy atom. The van der Waals surface area contributed by atoms with Crippen molar-refractivity contribution in [3.63, 3.8) is 0 Å². The summed E-state index contributed by atoms with van der Waals surface area (Å²) < 4.78 is 5.97. The van der Waals surface area contributed by atoms with Crippen molar-refractivity contribution in [3.05, 3.63) is 60.2 Å². The van der Waals surface area contributed by atoms with E-state index in [-0.39, 0.29) is 12.1 Å². The normalized spacial score (nSPS) is 24.5. The van der Waals surface area contributed by atoms with Crippen molar-refractivity contribution in [1.29, 1.82) is 0 Å². The summed E-state index contributed by atoms with van der Waals surface area (Å²) in [5, 5.41) is 3.65. The van der Waals surface area contributed by atoms with Crippen molar-refractivity contribution in [2.75, 3.05) is 31.5 Å². The minimum Gasteiger partial charge on any atom is -0.489 e. The van der Waals surface area contributed by atoms with Crippen molar-refractivity contribution in [2.45, 2.75) is 76.1 Å². The van der Waals surface area contributed by atoms with Crippen LogP contribution in [-0.4, -0.2) is 60.1 Å². The maximum Gasteiger partial charge on any atom is 0.198 e. The van der Waals surface area contributed by atoms with Crippen LogP contribution in [0.25, 0.3) is 0 Å². The van der Waals surface area contributed by atoms with E-state index in [4.69, 9.17) is 15.5 Å². The van der Waals surface area contributed by atoms with Gasteiger partial charge in [0.2, 0.25) is 0 Å². The highest BCUT2D eigenvalue weighted by Gasteiger charge is 2.29. The Morgan fingerprint density at radius 1 is 0.857 bits per heavy atom. The summed E-state index contributed by atoms with van der Waals surface area (Å²) >= 11 is 0. The Labute approximate surface area is 210 Å². The van der Waals surface area contributed by atoms with Gasteiger partial charge in [0.15, 0.2) is 5.96 Å². The summed E-state index contributed by atoms with van der Waals surface area (Å²) in [5.74, 6) is 1.86. The molecule has 35 heavy (non-hydrogen) atoms. The quantitative estimate of drug-likeness (QED) is 0.461. The standard InChI is InChI=1S/C29H41N5O/c30-27-10-4-5-11-28(27)32-29(34-20-16-25(17-21-34)33-18-6-7-19-33)31-24-12-14-26(15-13-24)35-22-23-8-2-1-3-9-23/h1-3,8-9,12-15,25,27-28H,4-7,10-11,16-22,30H2,(H,31,32)/t27-,28-/m0/s1. The average molecular weight is 476 g/mol. The highest BCUT2D eigenvalue weighted by Crippen LogP contribution is 2.25. The number of aliphatic imine (C=N–C) groups is 1. The van der Waals surface area contributed by atoms with E-state index in [2.05, 4.69) is 39.4 Å². The molecule has 3 N–H and O–H groups in total. The fourth-order valence-electron chi connectivity index (χ4n) is 5.70. The zero-order valence-corrected chi connectivity index (χ0v) is 20.9. The third kappa shape index (κ3) is 6.56. The Kier molecular flexibility index (Phi) is 8.22. The first-order valence-corrected chi connectivity index (χ1v) is 13.6. The number of nitrogens with two attached hydrogens (primary N) is 1. The molecule has 188 valence electrons. The Balaban J connectivity index is 1.24. The van der Waals surface area contributed by atoms with Crippen LogP contribution in [0, 0.1) is 0 Å². The Hall–Kier alpha value is -2.57. The van der Waals surface area contributed by atoms with Crippen LogP contribution in [0.3, 0.4) is 0 Å². The van der Waals surface area contributed by atoms with Crippen LogP contribution < -0.4 is 15.8 Å². The van der Waals surface area contributed by atoms with Gasteiger partial charge in [-0.3, -0.25) is 0 Å². The second-order valence-corrected chi connectivity index (χ2v) is 10.4. The minimum atomic E-state index is 0.163. The van der Waals surface area contributed by atoms with Gasteiger partial charge in [-0.25, -0.2) is 4.99 Å². The molecule has 6 heteroatoms. The van der Waals surface area contributed by atoms with E-state index in [1.54, 1.807) is 0 Å². The van der Waals surface area contributed by atoms with Crippen LogP contribution in [0.4, 0.5) is 5.69 Å². The molecule has 0 spiro atoms. The maximum atomic E-state index is 6.48. The molecule has 2 atom stereocenters. The van der Waals surface area contributed by atoms with Crippen LogP contribution >= 0.6 is 0 Å². The monoisotopic (exact) mass is 475 g/mol. The van der Waals surface area contributed by atoms with Gasteiger partial charge < -0.3 is 25.6 Å². The number of rotatable bonds is 6. The van der Waals surface area contributed by atoms with Crippen LogP contribution in [0.5, 0.6) is 5.75 Å². The van der Waals surface area contributed by atoms with E-state index in [1.165, 1.54) is 57.2 Å². The molecule has 0 bridgehead atoms. The van der Waals surface area contributed by atoms with Gasteiger partial charge in [0, 0.05) is 30.9 Å². The predicted molar refractivity (Wildman–Crippen MR) is 144 cm³/mol. The Morgan fingerprint density at radius 2 is 1.57 bits per heavy atom. The molecule has 6 nitrogen and oxygen atoms in total. The number of piperidine rings is 1. The molecule has 2 aromatic carbocycles. The second-order valence-electron chi connectivity index (χ2n) is 10.4. The zero-order chi connectivity index (χ0) is 23.9. The highest BCUT2D eigenvalue weighted by atomic mass is 16.5. The van der Waals surface area contributed by atoms with E-state index in [0.717, 1.165) is 49.4 Å². The molecule has 2 aliphatic heterocycles. The highest BCUT2D eigenvalue weighted by molar-refractivity contribution is 5.94. The molecule has 1 saturated carbocycles. The van der Waals surface area contributed by atoms with E-state index in [0.29, 0.717) is 6.61 Å². The van der Waals surface area contributed by atoms with Crippen LogP contribution in [0.2, 0.25) is 0 Å². The SMILES string of the molecule is N[C@H]1CCCC[C@@H]1N=C(Nc1ccc(OCc2ccccc2)cc1)N1CCC(N2CCCC2)CC1. The number of benzene rings is 2. The number of nitrogens with one attached hydrogen (secondary N) is 1. The first-order chi connectivity index (χ1) is 17.2.